The summed E-state index contributed by atoms with van der Waals surface area (Å²) in [6, 6.07) is 0. The van der Waals surface area contributed by atoms with Crippen molar-refractivity contribution >= 4 is 5.82 Å². The first-order valence-electron chi connectivity index (χ1n) is 5.59. The molecule has 0 aliphatic heterocycles. The summed E-state index contributed by atoms with van der Waals surface area (Å²) in [5.41, 5.74) is 4.17. The lowest BCUT2D eigenvalue weighted by Crippen LogP contribution is -2.06. The highest BCUT2D eigenvalue weighted by Gasteiger charge is 2.05. The summed E-state index contributed by atoms with van der Waals surface area (Å²) in [6.45, 7) is 6.66. The van der Waals surface area contributed by atoms with Gasteiger partial charge in [-0.3, -0.25) is 9.67 Å². The molecule has 0 unspecified atom stereocenters. The smallest absolute Gasteiger partial charge is 0.148 e. The maximum Gasteiger partial charge on any atom is 0.148 e. The van der Waals surface area contributed by atoms with E-state index in [0.717, 1.165) is 29.4 Å². The third-order valence-electron chi connectivity index (χ3n) is 2.86. The average Bonchev–Trinajstić information content (AvgIpc) is 2.62. The third-order valence-corrected chi connectivity index (χ3v) is 2.86. The highest BCUT2D eigenvalue weighted by Crippen LogP contribution is 2.12. The minimum Gasteiger partial charge on any atom is -0.364 e. The molecule has 5 nitrogen and oxygen atoms in total. The van der Waals surface area contributed by atoms with Gasteiger partial charge in [-0.15, -0.1) is 0 Å². The Morgan fingerprint density at radius 3 is 2.65 bits per heavy atom. The van der Waals surface area contributed by atoms with Crippen LogP contribution in [-0.2, 0) is 13.6 Å². The van der Waals surface area contributed by atoms with Crippen molar-refractivity contribution in [2.45, 2.75) is 27.3 Å². The standard InChI is InChI=1S/C12H17N5/c1-8-5-13-9(2)12(16-8)14-6-11-7-15-17(4)10(11)3/h5,7H,6H2,1-4H3,(H,14,16). The molecule has 2 heterocycles. The number of rotatable bonds is 3. The van der Waals surface area contributed by atoms with Crippen LogP contribution in [0.4, 0.5) is 5.82 Å². The maximum atomic E-state index is 4.42. The Bertz CT molecular complexity index is 530. The van der Waals surface area contributed by atoms with Gasteiger partial charge < -0.3 is 5.32 Å². The second kappa shape index (κ2) is 4.53. The minimum absolute atomic E-state index is 0.721. The van der Waals surface area contributed by atoms with Gasteiger partial charge in [-0.2, -0.15) is 5.10 Å². The number of hydrogen-bond acceptors (Lipinski definition) is 4. The Labute approximate surface area is 101 Å². The van der Waals surface area contributed by atoms with Crippen LogP contribution < -0.4 is 5.32 Å². The monoisotopic (exact) mass is 231 g/mol. The number of nitrogens with one attached hydrogen (secondary N) is 1. The molecule has 0 aliphatic rings. The molecule has 0 amide bonds. The molecule has 1 N–H and O–H groups in total. The summed E-state index contributed by atoms with van der Waals surface area (Å²) in [7, 11) is 1.94. The van der Waals surface area contributed by atoms with E-state index in [1.165, 1.54) is 5.56 Å². The van der Waals surface area contributed by atoms with Crippen molar-refractivity contribution in [3.63, 3.8) is 0 Å². The van der Waals surface area contributed by atoms with Gasteiger partial charge in [0.1, 0.15) is 5.82 Å². The average molecular weight is 231 g/mol. The van der Waals surface area contributed by atoms with E-state index >= 15 is 0 Å². The largest absolute Gasteiger partial charge is 0.364 e. The van der Waals surface area contributed by atoms with Gasteiger partial charge >= 0.3 is 0 Å². The number of hydrogen-bond donors (Lipinski definition) is 1. The number of anilines is 1. The van der Waals surface area contributed by atoms with Gasteiger partial charge in [-0.05, 0) is 20.8 Å². The van der Waals surface area contributed by atoms with E-state index < -0.39 is 0 Å². The zero-order chi connectivity index (χ0) is 12.4. The third kappa shape index (κ3) is 2.43. The molecular weight excluding hydrogens is 214 g/mol. The Hall–Kier alpha value is -1.91. The first-order valence-corrected chi connectivity index (χ1v) is 5.59. The number of aromatic nitrogens is 4. The molecular formula is C12H17N5. The van der Waals surface area contributed by atoms with Crippen molar-refractivity contribution < 1.29 is 0 Å². The van der Waals surface area contributed by atoms with Crippen LogP contribution in [-0.4, -0.2) is 19.7 Å². The van der Waals surface area contributed by atoms with Crippen LogP contribution in [0.25, 0.3) is 0 Å². The molecule has 0 radical (unpaired) electrons. The van der Waals surface area contributed by atoms with Crippen LogP contribution in [0.1, 0.15) is 22.6 Å². The van der Waals surface area contributed by atoms with E-state index in [9.17, 15) is 0 Å². The van der Waals surface area contributed by atoms with Crippen molar-refractivity contribution in [1.82, 2.24) is 19.7 Å². The first-order chi connectivity index (χ1) is 8.08. The predicted molar refractivity (Wildman–Crippen MR) is 66.8 cm³/mol. The first kappa shape index (κ1) is 11.6. The summed E-state index contributed by atoms with van der Waals surface area (Å²) in [5.74, 6) is 0.841. The van der Waals surface area contributed by atoms with Crippen molar-refractivity contribution in [1.29, 1.82) is 0 Å². The molecule has 0 aromatic carbocycles. The summed E-state index contributed by atoms with van der Waals surface area (Å²) in [6.07, 6.45) is 3.65. The Kier molecular flexibility index (Phi) is 3.08. The number of aryl methyl sites for hydroxylation is 3. The molecule has 0 saturated heterocycles. The fraction of sp³-hybridized carbons (Fsp3) is 0.417. The van der Waals surface area contributed by atoms with Gasteiger partial charge in [-0.25, -0.2) is 4.98 Å². The fourth-order valence-corrected chi connectivity index (χ4v) is 1.60. The summed E-state index contributed by atoms with van der Waals surface area (Å²) in [5, 5.41) is 7.51. The van der Waals surface area contributed by atoms with Crippen molar-refractivity contribution in [2.75, 3.05) is 5.32 Å². The van der Waals surface area contributed by atoms with E-state index in [1.807, 2.05) is 31.8 Å². The molecule has 17 heavy (non-hydrogen) atoms. The van der Waals surface area contributed by atoms with E-state index in [1.54, 1.807) is 6.20 Å². The van der Waals surface area contributed by atoms with Crippen molar-refractivity contribution in [2.24, 2.45) is 7.05 Å². The quantitative estimate of drug-likeness (QED) is 0.874. The van der Waals surface area contributed by atoms with Crippen molar-refractivity contribution in [3.05, 3.63) is 35.0 Å². The summed E-state index contributed by atoms with van der Waals surface area (Å²) in [4.78, 5) is 8.70. The van der Waals surface area contributed by atoms with Gasteiger partial charge in [0.25, 0.3) is 0 Å². The predicted octanol–water partition coefficient (Wildman–Crippen LogP) is 1.75. The van der Waals surface area contributed by atoms with Crippen LogP contribution in [0, 0.1) is 20.8 Å². The fourth-order valence-electron chi connectivity index (χ4n) is 1.60. The highest BCUT2D eigenvalue weighted by molar-refractivity contribution is 5.40. The lowest BCUT2D eigenvalue weighted by Gasteiger charge is -2.08. The summed E-state index contributed by atoms with van der Waals surface area (Å²) < 4.78 is 1.87. The maximum absolute atomic E-state index is 4.42. The van der Waals surface area contributed by atoms with Gasteiger partial charge in [-0.1, -0.05) is 0 Å². The molecule has 2 rings (SSSR count). The molecule has 0 saturated carbocycles. The van der Waals surface area contributed by atoms with Gasteiger partial charge in [0.15, 0.2) is 0 Å². The topological polar surface area (TPSA) is 55.6 Å². The van der Waals surface area contributed by atoms with Crippen LogP contribution in [0.5, 0.6) is 0 Å². The minimum atomic E-state index is 0.721. The molecule has 0 atom stereocenters. The highest BCUT2D eigenvalue weighted by atomic mass is 15.3. The molecule has 0 spiro atoms. The van der Waals surface area contributed by atoms with Gasteiger partial charge in [0, 0.05) is 31.0 Å². The Morgan fingerprint density at radius 2 is 2.00 bits per heavy atom. The SMILES string of the molecule is Cc1cnc(C)c(NCc2cnn(C)c2C)n1. The molecule has 2 aromatic rings. The normalized spacial score (nSPS) is 10.6. The van der Waals surface area contributed by atoms with Crippen molar-refractivity contribution in [3.8, 4) is 0 Å². The Morgan fingerprint density at radius 1 is 1.24 bits per heavy atom. The van der Waals surface area contributed by atoms with Gasteiger partial charge in [0.2, 0.25) is 0 Å². The van der Waals surface area contributed by atoms with E-state index in [0.29, 0.717) is 0 Å². The lowest BCUT2D eigenvalue weighted by atomic mass is 10.2. The molecule has 0 bridgehead atoms. The molecule has 0 fully saturated rings. The zero-order valence-electron chi connectivity index (χ0n) is 10.7. The lowest BCUT2D eigenvalue weighted by molar-refractivity contribution is 0.738. The van der Waals surface area contributed by atoms with E-state index in [-0.39, 0.29) is 0 Å². The number of nitrogens with zero attached hydrogens (tertiary/aromatic N) is 4. The zero-order valence-corrected chi connectivity index (χ0v) is 10.7. The molecule has 5 heteroatoms. The van der Waals surface area contributed by atoms with Gasteiger partial charge in [0.05, 0.1) is 17.6 Å². The molecule has 2 aromatic heterocycles. The Balaban J connectivity index is 2.12. The van der Waals surface area contributed by atoms with E-state index in [2.05, 4.69) is 27.3 Å². The second-order valence-corrected chi connectivity index (χ2v) is 4.18. The second-order valence-electron chi connectivity index (χ2n) is 4.18. The molecule has 0 aliphatic carbocycles. The van der Waals surface area contributed by atoms with Crippen LogP contribution in [0.15, 0.2) is 12.4 Å². The van der Waals surface area contributed by atoms with Crippen LogP contribution >= 0.6 is 0 Å². The molecule has 90 valence electrons. The summed E-state index contributed by atoms with van der Waals surface area (Å²) >= 11 is 0. The van der Waals surface area contributed by atoms with E-state index in [4.69, 9.17) is 0 Å². The van der Waals surface area contributed by atoms with Crippen LogP contribution in [0.3, 0.4) is 0 Å². The van der Waals surface area contributed by atoms with Crippen LogP contribution in [0.2, 0.25) is 0 Å².